The van der Waals surface area contributed by atoms with E-state index in [1.54, 1.807) is 11.3 Å². The number of nitrogens with zero attached hydrogens (tertiary/aromatic N) is 1. The largest absolute Gasteiger partial charge is 0.335 e. The Hall–Kier alpha value is -1.03. The number of carbonyl (C=O) groups is 1. The fourth-order valence-electron chi connectivity index (χ4n) is 3.48. The number of hydrogen-bond donors (Lipinski definition) is 1. The maximum absolute atomic E-state index is 12.2. The van der Waals surface area contributed by atoms with Crippen molar-refractivity contribution in [1.29, 1.82) is 0 Å². The lowest BCUT2D eigenvalue weighted by Crippen LogP contribution is -2.43. The van der Waals surface area contributed by atoms with Crippen LogP contribution >= 0.6 is 11.3 Å². The highest BCUT2D eigenvalue weighted by atomic mass is 32.1. The quantitative estimate of drug-likeness (QED) is 0.905. The molecule has 2 amide bonds. The SMILES string of the molecule is CC(Cc1cccs1)NC(=O)N1CC2CCCC2C1. The third kappa shape index (κ3) is 2.94. The summed E-state index contributed by atoms with van der Waals surface area (Å²) >= 11 is 1.76. The van der Waals surface area contributed by atoms with Crippen molar-refractivity contribution in [2.24, 2.45) is 11.8 Å². The van der Waals surface area contributed by atoms with Gasteiger partial charge in [0, 0.05) is 30.4 Å². The van der Waals surface area contributed by atoms with Gasteiger partial charge in [-0.25, -0.2) is 4.79 Å². The van der Waals surface area contributed by atoms with Gasteiger partial charge in [0.25, 0.3) is 0 Å². The molecule has 3 rings (SSSR count). The molecule has 2 fully saturated rings. The van der Waals surface area contributed by atoms with Crippen LogP contribution in [0.3, 0.4) is 0 Å². The Morgan fingerprint density at radius 3 is 2.84 bits per heavy atom. The van der Waals surface area contributed by atoms with Crippen LogP contribution in [-0.4, -0.2) is 30.1 Å². The summed E-state index contributed by atoms with van der Waals surface area (Å²) in [5.41, 5.74) is 0. The molecule has 0 radical (unpaired) electrons. The van der Waals surface area contributed by atoms with Crippen molar-refractivity contribution in [3.05, 3.63) is 22.4 Å². The average Bonchev–Trinajstić information content (AvgIpc) is 3.02. The average molecular weight is 278 g/mol. The normalized spacial score (nSPS) is 27.3. The molecule has 104 valence electrons. The van der Waals surface area contributed by atoms with E-state index in [4.69, 9.17) is 0 Å². The highest BCUT2D eigenvalue weighted by Crippen LogP contribution is 2.37. The Balaban J connectivity index is 1.48. The number of likely N-dealkylation sites (tertiary alicyclic amines) is 1. The Morgan fingerprint density at radius 2 is 2.21 bits per heavy atom. The fourth-order valence-corrected chi connectivity index (χ4v) is 4.32. The van der Waals surface area contributed by atoms with E-state index < -0.39 is 0 Å². The monoisotopic (exact) mass is 278 g/mol. The van der Waals surface area contributed by atoms with Crippen LogP contribution in [0.25, 0.3) is 0 Å². The number of urea groups is 1. The van der Waals surface area contributed by atoms with Crippen LogP contribution in [0, 0.1) is 11.8 Å². The molecule has 3 atom stereocenters. The number of nitrogens with one attached hydrogen (secondary N) is 1. The first-order chi connectivity index (χ1) is 9.22. The summed E-state index contributed by atoms with van der Waals surface area (Å²) < 4.78 is 0. The fraction of sp³-hybridized carbons (Fsp3) is 0.667. The van der Waals surface area contributed by atoms with E-state index in [1.807, 2.05) is 4.90 Å². The lowest BCUT2D eigenvalue weighted by Gasteiger charge is -2.21. The minimum Gasteiger partial charge on any atom is -0.335 e. The molecule has 1 aromatic heterocycles. The smallest absolute Gasteiger partial charge is 0.317 e. The molecule has 1 saturated carbocycles. The van der Waals surface area contributed by atoms with Gasteiger partial charge in [-0.05, 0) is 43.0 Å². The van der Waals surface area contributed by atoms with Gasteiger partial charge < -0.3 is 10.2 Å². The van der Waals surface area contributed by atoms with E-state index in [0.717, 1.165) is 31.3 Å². The maximum atomic E-state index is 12.2. The molecule has 4 heteroatoms. The topological polar surface area (TPSA) is 32.3 Å². The molecule has 1 aromatic rings. The maximum Gasteiger partial charge on any atom is 0.317 e. The van der Waals surface area contributed by atoms with Crippen molar-refractivity contribution in [3.63, 3.8) is 0 Å². The lowest BCUT2D eigenvalue weighted by atomic mass is 10.0. The summed E-state index contributed by atoms with van der Waals surface area (Å²) in [5, 5.41) is 5.23. The summed E-state index contributed by atoms with van der Waals surface area (Å²) in [6.07, 6.45) is 4.93. The predicted octanol–water partition coefficient (Wildman–Crippen LogP) is 3.12. The number of amides is 2. The van der Waals surface area contributed by atoms with E-state index in [0.29, 0.717) is 0 Å². The molecule has 0 aromatic carbocycles. The van der Waals surface area contributed by atoms with E-state index in [1.165, 1.54) is 24.1 Å². The molecule has 1 aliphatic carbocycles. The highest BCUT2D eigenvalue weighted by molar-refractivity contribution is 7.09. The molecule has 0 spiro atoms. The minimum absolute atomic E-state index is 0.137. The van der Waals surface area contributed by atoms with Crippen LogP contribution in [0.4, 0.5) is 4.79 Å². The Morgan fingerprint density at radius 1 is 1.47 bits per heavy atom. The molecule has 0 bridgehead atoms. The highest BCUT2D eigenvalue weighted by Gasteiger charge is 2.38. The van der Waals surface area contributed by atoms with Gasteiger partial charge in [0.15, 0.2) is 0 Å². The zero-order valence-electron chi connectivity index (χ0n) is 11.5. The zero-order chi connectivity index (χ0) is 13.2. The Kier molecular flexibility index (Phi) is 3.78. The second-order valence-electron chi connectivity index (χ2n) is 5.99. The summed E-state index contributed by atoms with van der Waals surface area (Å²) in [6.45, 7) is 4.04. The first-order valence-electron chi connectivity index (χ1n) is 7.30. The molecule has 1 saturated heterocycles. The van der Waals surface area contributed by atoms with Gasteiger partial charge in [-0.2, -0.15) is 0 Å². The first kappa shape index (κ1) is 13.0. The van der Waals surface area contributed by atoms with Gasteiger partial charge in [-0.15, -0.1) is 11.3 Å². The molecule has 3 unspecified atom stereocenters. The number of fused-ring (bicyclic) bond motifs is 1. The van der Waals surface area contributed by atoms with Crippen LogP contribution in [0.1, 0.15) is 31.1 Å². The summed E-state index contributed by atoms with van der Waals surface area (Å²) in [6, 6.07) is 4.55. The third-order valence-corrected chi connectivity index (χ3v) is 5.37. The lowest BCUT2D eigenvalue weighted by molar-refractivity contribution is 0.201. The second kappa shape index (κ2) is 5.53. The zero-order valence-corrected chi connectivity index (χ0v) is 12.3. The number of hydrogen-bond acceptors (Lipinski definition) is 2. The van der Waals surface area contributed by atoms with Gasteiger partial charge in [-0.3, -0.25) is 0 Å². The Bertz CT molecular complexity index is 419. The molecule has 3 nitrogen and oxygen atoms in total. The number of thiophene rings is 1. The van der Waals surface area contributed by atoms with Gasteiger partial charge >= 0.3 is 6.03 Å². The van der Waals surface area contributed by atoms with Crippen molar-refractivity contribution in [1.82, 2.24) is 10.2 Å². The van der Waals surface area contributed by atoms with Gasteiger partial charge in [0.1, 0.15) is 0 Å². The van der Waals surface area contributed by atoms with E-state index in [2.05, 4.69) is 29.8 Å². The van der Waals surface area contributed by atoms with Crippen molar-refractivity contribution in [3.8, 4) is 0 Å². The minimum atomic E-state index is 0.137. The van der Waals surface area contributed by atoms with Gasteiger partial charge in [-0.1, -0.05) is 12.5 Å². The first-order valence-corrected chi connectivity index (χ1v) is 8.18. The van der Waals surface area contributed by atoms with Crippen molar-refractivity contribution in [2.45, 2.75) is 38.6 Å². The van der Waals surface area contributed by atoms with E-state index in [9.17, 15) is 4.79 Å². The molecule has 19 heavy (non-hydrogen) atoms. The molecule has 2 aliphatic rings. The van der Waals surface area contributed by atoms with Crippen LogP contribution in [0.2, 0.25) is 0 Å². The number of rotatable bonds is 3. The molecular weight excluding hydrogens is 256 g/mol. The molecule has 1 aliphatic heterocycles. The van der Waals surface area contributed by atoms with Gasteiger partial charge in [0.2, 0.25) is 0 Å². The molecular formula is C15H22N2OS. The predicted molar refractivity (Wildman–Crippen MR) is 78.4 cm³/mol. The van der Waals surface area contributed by atoms with E-state index >= 15 is 0 Å². The van der Waals surface area contributed by atoms with Crippen LogP contribution in [0.15, 0.2) is 17.5 Å². The molecule has 1 N–H and O–H groups in total. The number of carbonyl (C=O) groups excluding carboxylic acids is 1. The van der Waals surface area contributed by atoms with Crippen molar-refractivity contribution >= 4 is 17.4 Å². The van der Waals surface area contributed by atoms with Crippen molar-refractivity contribution in [2.75, 3.05) is 13.1 Å². The van der Waals surface area contributed by atoms with Crippen LogP contribution in [-0.2, 0) is 6.42 Å². The summed E-state index contributed by atoms with van der Waals surface area (Å²) in [5.74, 6) is 1.55. The molecule has 2 heterocycles. The van der Waals surface area contributed by atoms with Crippen molar-refractivity contribution < 1.29 is 4.79 Å². The standard InChI is InChI=1S/C15H22N2OS/c1-11(8-14-6-3-7-19-14)16-15(18)17-9-12-4-2-5-13(12)10-17/h3,6-7,11-13H,2,4-5,8-10H2,1H3,(H,16,18). The third-order valence-electron chi connectivity index (χ3n) is 4.47. The van der Waals surface area contributed by atoms with E-state index in [-0.39, 0.29) is 12.1 Å². The Labute approximate surface area is 119 Å². The summed E-state index contributed by atoms with van der Waals surface area (Å²) in [4.78, 5) is 15.6. The van der Waals surface area contributed by atoms with Gasteiger partial charge in [0.05, 0.1) is 0 Å². The van der Waals surface area contributed by atoms with Crippen LogP contribution < -0.4 is 5.32 Å². The second-order valence-corrected chi connectivity index (χ2v) is 7.02. The van der Waals surface area contributed by atoms with Crippen LogP contribution in [0.5, 0.6) is 0 Å². The summed E-state index contributed by atoms with van der Waals surface area (Å²) in [7, 11) is 0.